The van der Waals surface area contributed by atoms with Crippen molar-refractivity contribution in [2.75, 3.05) is 46.4 Å². The maximum absolute atomic E-state index is 5.14. The van der Waals surface area contributed by atoms with Gasteiger partial charge in [0.2, 0.25) is 0 Å². The predicted octanol–water partition coefficient (Wildman–Crippen LogP) is 3.76. The second-order valence-electron chi connectivity index (χ2n) is 8.45. The molecule has 1 aromatic carbocycles. The number of likely N-dealkylation sites (tertiary alicyclic amines) is 2. The topological polar surface area (TPSA) is 40.1 Å². The first-order valence-electron chi connectivity index (χ1n) is 11.6. The van der Waals surface area contributed by atoms with E-state index in [1.807, 2.05) is 0 Å². The zero-order valence-corrected chi connectivity index (χ0v) is 18.5. The molecule has 2 fully saturated rings. The van der Waals surface area contributed by atoms with Gasteiger partial charge in [0.1, 0.15) is 0 Å². The highest BCUT2D eigenvalue weighted by atomic mass is 16.5. The summed E-state index contributed by atoms with van der Waals surface area (Å²) in [5.74, 6) is 1.88. The highest BCUT2D eigenvalue weighted by Crippen LogP contribution is 2.31. The molecule has 0 spiro atoms. The Labute approximate surface area is 177 Å². The van der Waals surface area contributed by atoms with Crippen molar-refractivity contribution in [3.8, 4) is 0 Å². The molecule has 3 rings (SSSR count). The zero-order valence-electron chi connectivity index (χ0n) is 18.5. The van der Waals surface area contributed by atoms with Crippen LogP contribution in [0.15, 0.2) is 35.3 Å². The molecular weight excluding hydrogens is 360 g/mol. The van der Waals surface area contributed by atoms with Crippen molar-refractivity contribution in [3.05, 3.63) is 35.9 Å². The van der Waals surface area contributed by atoms with E-state index in [9.17, 15) is 0 Å². The maximum atomic E-state index is 5.14. The minimum Gasteiger partial charge on any atom is -0.385 e. The van der Waals surface area contributed by atoms with E-state index in [2.05, 4.69) is 52.4 Å². The first kappa shape index (κ1) is 22.1. The number of rotatable bonds is 9. The van der Waals surface area contributed by atoms with Gasteiger partial charge in [-0.3, -0.25) is 9.89 Å². The number of piperidine rings is 2. The van der Waals surface area contributed by atoms with Gasteiger partial charge in [-0.2, -0.15) is 0 Å². The number of ether oxygens (including phenoxy) is 1. The molecule has 162 valence electrons. The number of nitrogens with one attached hydrogen (secondary N) is 1. The maximum Gasteiger partial charge on any atom is 0.193 e. The van der Waals surface area contributed by atoms with Crippen molar-refractivity contribution >= 4 is 5.96 Å². The molecule has 2 heterocycles. The van der Waals surface area contributed by atoms with Crippen molar-refractivity contribution in [2.24, 2.45) is 10.9 Å². The fourth-order valence-corrected chi connectivity index (χ4v) is 4.86. The molecule has 0 radical (unpaired) electrons. The summed E-state index contributed by atoms with van der Waals surface area (Å²) in [4.78, 5) is 10.2. The number of methoxy groups -OCH3 is 1. The Kier molecular flexibility index (Phi) is 9.29. The van der Waals surface area contributed by atoms with E-state index >= 15 is 0 Å². The Hall–Kier alpha value is -1.59. The van der Waals surface area contributed by atoms with Gasteiger partial charge in [-0.15, -0.1) is 0 Å². The Morgan fingerprint density at radius 2 is 2.00 bits per heavy atom. The number of fused-ring (bicyclic) bond motifs is 1. The molecule has 5 nitrogen and oxygen atoms in total. The van der Waals surface area contributed by atoms with Crippen LogP contribution in [0.5, 0.6) is 0 Å². The molecule has 2 aliphatic heterocycles. The molecule has 29 heavy (non-hydrogen) atoms. The van der Waals surface area contributed by atoms with Crippen LogP contribution in [0.2, 0.25) is 0 Å². The van der Waals surface area contributed by atoms with Gasteiger partial charge in [-0.05, 0) is 63.5 Å². The van der Waals surface area contributed by atoms with Gasteiger partial charge in [0.05, 0.1) is 0 Å². The van der Waals surface area contributed by atoms with Crippen LogP contribution in [-0.4, -0.2) is 68.2 Å². The molecule has 5 heteroatoms. The van der Waals surface area contributed by atoms with Crippen LogP contribution in [-0.2, 0) is 11.3 Å². The Bertz CT molecular complexity index is 606. The van der Waals surface area contributed by atoms with Crippen LogP contribution in [0.1, 0.15) is 51.0 Å². The van der Waals surface area contributed by atoms with Gasteiger partial charge >= 0.3 is 0 Å². The van der Waals surface area contributed by atoms with Crippen molar-refractivity contribution < 1.29 is 4.74 Å². The summed E-state index contributed by atoms with van der Waals surface area (Å²) in [6.07, 6.45) is 7.37. The molecule has 0 amide bonds. The summed E-state index contributed by atoms with van der Waals surface area (Å²) in [5.41, 5.74) is 1.44. The Morgan fingerprint density at radius 3 is 2.79 bits per heavy atom. The lowest BCUT2D eigenvalue weighted by Gasteiger charge is -2.48. The van der Waals surface area contributed by atoms with Crippen molar-refractivity contribution in [1.29, 1.82) is 0 Å². The summed E-state index contributed by atoms with van der Waals surface area (Å²) >= 11 is 0. The normalized spacial score (nSPS) is 23.1. The van der Waals surface area contributed by atoms with Gasteiger partial charge in [0.25, 0.3) is 0 Å². The number of guanidine groups is 1. The summed E-state index contributed by atoms with van der Waals surface area (Å²) in [5, 5.41) is 3.54. The number of hydrogen-bond acceptors (Lipinski definition) is 3. The minimum atomic E-state index is 0.720. The van der Waals surface area contributed by atoms with Gasteiger partial charge in [-0.25, -0.2) is 0 Å². The lowest BCUT2D eigenvalue weighted by Crippen LogP contribution is -2.56. The molecule has 0 bridgehead atoms. The molecular formula is C24H40N4O. The first-order chi connectivity index (χ1) is 14.3. The van der Waals surface area contributed by atoms with Crippen molar-refractivity contribution in [3.63, 3.8) is 0 Å². The molecule has 0 aromatic heterocycles. The fourth-order valence-electron chi connectivity index (χ4n) is 4.86. The lowest BCUT2D eigenvalue weighted by molar-refractivity contribution is 0.0372. The van der Waals surface area contributed by atoms with Crippen LogP contribution in [0.3, 0.4) is 0 Å². The largest absolute Gasteiger partial charge is 0.385 e. The molecule has 1 N–H and O–H groups in total. The summed E-state index contributed by atoms with van der Waals surface area (Å²) in [7, 11) is 1.78. The average molecular weight is 401 g/mol. The van der Waals surface area contributed by atoms with Gasteiger partial charge in [0.15, 0.2) is 5.96 Å². The Morgan fingerprint density at radius 1 is 1.14 bits per heavy atom. The molecule has 1 aromatic rings. The molecule has 0 aliphatic carbocycles. The standard InChI is InChI=1S/C24H40N4O/c1-3-25-24(26-15-8-5-9-18-29-2)28-17-14-23-22(20-28)13-10-16-27(23)19-21-11-6-4-7-12-21/h4,6-7,11-12,22-23H,3,5,8-10,13-20H2,1-2H3,(H,25,26). The molecule has 2 aliphatic rings. The number of aliphatic imine (C=N–C) groups is 1. The summed E-state index contributed by atoms with van der Waals surface area (Å²) < 4.78 is 5.14. The summed E-state index contributed by atoms with van der Waals surface area (Å²) in [6, 6.07) is 11.7. The second-order valence-corrected chi connectivity index (χ2v) is 8.45. The third-order valence-electron chi connectivity index (χ3n) is 6.31. The predicted molar refractivity (Wildman–Crippen MR) is 121 cm³/mol. The minimum absolute atomic E-state index is 0.720. The van der Waals surface area contributed by atoms with Gasteiger partial charge in [-0.1, -0.05) is 30.3 Å². The molecule has 2 saturated heterocycles. The Balaban J connectivity index is 1.53. The fraction of sp³-hybridized carbons (Fsp3) is 0.708. The van der Waals surface area contributed by atoms with Crippen LogP contribution in [0.4, 0.5) is 0 Å². The summed E-state index contributed by atoms with van der Waals surface area (Å²) in [6.45, 7) is 9.47. The first-order valence-corrected chi connectivity index (χ1v) is 11.6. The van der Waals surface area contributed by atoms with Crippen LogP contribution >= 0.6 is 0 Å². The SMILES string of the molecule is CCNC(=NCCCCCOC)N1CCC2C(CCCN2Cc2ccccc2)C1. The van der Waals surface area contributed by atoms with E-state index < -0.39 is 0 Å². The van der Waals surface area contributed by atoms with Crippen LogP contribution in [0.25, 0.3) is 0 Å². The van der Waals surface area contributed by atoms with Crippen LogP contribution < -0.4 is 5.32 Å². The third kappa shape index (κ3) is 6.71. The molecule has 2 unspecified atom stereocenters. The molecule has 0 saturated carbocycles. The quantitative estimate of drug-likeness (QED) is 0.389. The smallest absolute Gasteiger partial charge is 0.193 e. The number of unbranched alkanes of at least 4 members (excludes halogenated alkanes) is 2. The van der Waals surface area contributed by atoms with E-state index in [0.717, 1.165) is 70.1 Å². The van der Waals surface area contributed by atoms with E-state index in [0.29, 0.717) is 0 Å². The van der Waals surface area contributed by atoms with Gasteiger partial charge in [0, 0.05) is 52.5 Å². The van der Waals surface area contributed by atoms with E-state index in [4.69, 9.17) is 9.73 Å². The monoisotopic (exact) mass is 400 g/mol. The third-order valence-corrected chi connectivity index (χ3v) is 6.31. The number of hydrogen-bond donors (Lipinski definition) is 1. The van der Waals surface area contributed by atoms with E-state index in [-0.39, 0.29) is 0 Å². The zero-order chi connectivity index (χ0) is 20.3. The van der Waals surface area contributed by atoms with Gasteiger partial charge < -0.3 is 15.0 Å². The average Bonchev–Trinajstić information content (AvgIpc) is 2.76. The number of benzene rings is 1. The lowest BCUT2D eigenvalue weighted by atomic mass is 9.83. The van der Waals surface area contributed by atoms with E-state index in [1.165, 1.54) is 37.8 Å². The second kappa shape index (κ2) is 12.2. The highest BCUT2D eigenvalue weighted by Gasteiger charge is 2.36. The van der Waals surface area contributed by atoms with Crippen molar-refractivity contribution in [1.82, 2.24) is 15.1 Å². The highest BCUT2D eigenvalue weighted by molar-refractivity contribution is 5.80. The van der Waals surface area contributed by atoms with E-state index in [1.54, 1.807) is 7.11 Å². The van der Waals surface area contributed by atoms with Crippen molar-refractivity contribution in [2.45, 2.75) is 58.0 Å². The van der Waals surface area contributed by atoms with Crippen LogP contribution in [0, 0.1) is 5.92 Å². The molecule has 2 atom stereocenters. The number of nitrogens with zero attached hydrogens (tertiary/aromatic N) is 3.